The van der Waals surface area contributed by atoms with Crippen LogP contribution < -0.4 is 9.80 Å². The molecule has 9 heteroatoms. The third-order valence-corrected chi connectivity index (χ3v) is 7.26. The largest absolute Gasteiger partial charge is 0.443 e. The molecule has 44 heavy (non-hydrogen) atoms. The Morgan fingerprint density at radius 3 is 2.00 bits per heavy atom. The zero-order valence-corrected chi connectivity index (χ0v) is 27.6. The highest BCUT2D eigenvalue weighted by Crippen LogP contribution is 2.46. The maximum atomic E-state index is 13.7. The summed E-state index contributed by atoms with van der Waals surface area (Å²) in [5.41, 5.74) is 2.07. The van der Waals surface area contributed by atoms with Crippen LogP contribution >= 0.6 is 11.6 Å². The van der Waals surface area contributed by atoms with Gasteiger partial charge >= 0.3 is 12.2 Å². The van der Waals surface area contributed by atoms with Gasteiger partial charge in [-0.25, -0.2) is 9.59 Å². The molecule has 3 amide bonds. The van der Waals surface area contributed by atoms with Gasteiger partial charge < -0.3 is 19.3 Å². The summed E-state index contributed by atoms with van der Waals surface area (Å²) in [4.78, 5) is 45.6. The number of amides is 3. The first-order valence-electron chi connectivity index (χ1n) is 14.7. The van der Waals surface area contributed by atoms with Crippen molar-refractivity contribution < 1.29 is 23.9 Å². The summed E-state index contributed by atoms with van der Waals surface area (Å²) in [6.07, 6.45) is 1.57. The standard InChI is InChI=1S/C35H42ClN3O5/c1-34(2,3)43-32(41)39(33(42)44-35(4,5)6)28-19-29-31(27-12-10-9-11-26(27)28)25(20-36)22-38(29)30(40)18-17-23-13-15-24(16-14-23)21-37(7)8/h9-19,25H,20-22H2,1-8H3/b18-17+. The van der Waals surface area contributed by atoms with E-state index < -0.39 is 23.4 Å². The fourth-order valence-corrected chi connectivity index (χ4v) is 5.44. The van der Waals surface area contributed by atoms with Crippen LogP contribution in [0, 0.1) is 0 Å². The summed E-state index contributed by atoms with van der Waals surface area (Å²) in [6, 6.07) is 17.2. The van der Waals surface area contributed by atoms with E-state index in [4.69, 9.17) is 21.1 Å². The van der Waals surface area contributed by atoms with E-state index in [9.17, 15) is 14.4 Å². The van der Waals surface area contributed by atoms with Crippen LogP contribution in [0.4, 0.5) is 21.0 Å². The van der Waals surface area contributed by atoms with E-state index in [0.29, 0.717) is 23.5 Å². The van der Waals surface area contributed by atoms with E-state index >= 15 is 0 Å². The molecule has 1 heterocycles. The Labute approximate surface area is 265 Å². The lowest BCUT2D eigenvalue weighted by Gasteiger charge is -2.30. The first-order valence-corrected chi connectivity index (χ1v) is 15.2. The predicted molar refractivity (Wildman–Crippen MR) is 178 cm³/mol. The van der Waals surface area contributed by atoms with Gasteiger partial charge in [-0.3, -0.25) is 4.79 Å². The maximum Gasteiger partial charge on any atom is 0.424 e. The molecule has 0 saturated heterocycles. The Morgan fingerprint density at radius 1 is 0.909 bits per heavy atom. The molecule has 0 radical (unpaired) electrons. The average molecular weight is 620 g/mol. The molecule has 1 unspecified atom stereocenters. The number of halogens is 1. The van der Waals surface area contributed by atoms with Crippen LogP contribution in [-0.2, 0) is 20.8 Å². The summed E-state index contributed by atoms with van der Waals surface area (Å²) < 4.78 is 11.3. The van der Waals surface area contributed by atoms with Crippen molar-refractivity contribution in [3.05, 3.63) is 77.4 Å². The zero-order chi connectivity index (χ0) is 32.4. The van der Waals surface area contributed by atoms with E-state index in [1.165, 1.54) is 11.6 Å². The van der Waals surface area contributed by atoms with Gasteiger partial charge in [0.15, 0.2) is 0 Å². The van der Waals surface area contributed by atoms with Crippen molar-refractivity contribution >= 4 is 57.9 Å². The van der Waals surface area contributed by atoms with Crippen LogP contribution in [0.25, 0.3) is 16.8 Å². The van der Waals surface area contributed by atoms with Crippen molar-refractivity contribution in [2.45, 2.75) is 65.2 Å². The fourth-order valence-electron chi connectivity index (χ4n) is 5.19. The molecule has 0 spiro atoms. The van der Waals surface area contributed by atoms with E-state index in [2.05, 4.69) is 4.90 Å². The monoisotopic (exact) mass is 619 g/mol. The molecular formula is C35H42ClN3O5. The molecule has 0 fully saturated rings. The molecule has 0 N–H and O–H groups in total. The summed E-state index contributed by atoms with van der Waals surface area (Å²) in [5, 5.41) is 1.43. The van der Waals surface area contributed by atoms with E-state index in [1.807, 2.05) is 62.6 Å². The van der Waals surface area contributed by atoms with E-state index in [0.717, 1.165) is 28.0 Å². The third-order valence-electron chi connectivity index (χ3n) is 6.89. The Morgan fingerprint density at radius 2 is 1.48 bits per heavy atom. The summed E-state index contributed by atoms with van der Waals surface area (Å²) in [7, 11) is 4.03. The number of benzene rings is 3. The minimum Gasteiger partial charge on any atom is -0.443 e. The van der Waals surface area contributed by atoms with Gasteiger partial charge in [0, 0.05) is 36.3 Å². The number of hydrogen-bond donors (Lipinski definition) is 0. The van der Waals surface area contributed by atoms with Crippen LogP contribution in [-0.4, -0.2) is 60.7 Å². The molecule has 8 nitrogen and oxygen atoms in total. The van der Waals surface area contributed by atoms with Crippen molar-refractivity contribution in [1.82, 2.24) is 4.90 Å². The normalized spacial score (nSPS) is 15.1. The van der Waals surface area contributed by atoms with Gasteiger partial charge in [0.2, 0.25) is 0 Å². The van der Waals surface area contributed by atoms with Crippen molar-refractivity contribution in [3.8, 4) is 0 Å². The number of fused-ring (bicyclic) bond motifs is 3. The Kier molecular flexibility index (Phi) is 9.76. The quantitative estimate of drug-likeness (QED) is 0.206. The molecular weight excluding hydrogens is 578 g/mol. The summed E-state index contributed by atoms with van der Waals surface area (Å²) in [6.45, 7) is 11.6. The van der Waals surface area contributed by atoms with Crippen LogP contribution in [0.1, 0.15) is 64.2 Å². The number of carbonyl (C=O) groups is 3. The van der Waals surface area contributed by atoms with Gasteiger partial charge in [0.25, 0.3) is 5.91 Å². The molecule has 0 bridgehead atoms. The summed E-state index contributed by atoms with van der Waals surface area (Å²) >= 11 is 6.46. The van der Waals surface area contributed by atoms with E-state index in [-0.39, 0.29) is 17.5 Å². The van der Waals surface area contributed by atoms with Gasteiger partial charge in [0.1, 0.15) is 11.2 Å². The minimum absolute atomic E-state index is 0.148. The van der Waals surface area contributed by atoms with Crippen molar-refractivity contribution in [2.75, 3.05) is 36.3 Å². The number of ether oxygens (including phenoxy) is 2. The Balaban J connectivity index is 1.81. The highest BCUT2D eigenvalue weighted by Gasteiger charge is 2.38. The summed E-state index contributed by atoms with van der Waals surface area (Å²) in [5.74, 6) is -0.0951. The fraction of sp³-hybridized carbons (Fsp3) is 0.400. The van der Waals surface area contributed by atoms with Gasteiger partial charge in [-0.05, 0) is 89.9 Å². The minimum atomic E-state index is -0.876. The number of anilines is 2. The van der Waals surface area contributed by atoms with Gasteiger partial charge in [-0.1, -0.05) is 48.5 Å². The number of hydrogen-bond acceptors (Lipinski definition) is 6. The lowest BCUT2D eigenvalue weighted by molar-refractivity contribution is -0.114. The smallest absolute Gasteiger partial charge is 0.424 e. The third kappa shape index (κ3) is 7.79. The molecule has 4 rings (SSSR count). The Bertz CT molecular complexity index is 1540. The second-order valence-corrected chi connectivity index (χ2v) is 13.6. The molecule has 0 saturated carbocycles. The number of rotatable bonds is 6. The molecule has 3 aromatic carbocycles. The van der Waals surface area contributed by atoms with Crippen molar-refractivity contribution in [3.63, 3.8) is 0 Å². The Hall–Kier alpha value is -3.88. The molecule has 0 aromatic heterocycles. The second-order valence-electron chi connectivity index (χ2n) is 13.3. The predicted octanol–water partition coefficient (Wildman–Crippen LogP) is 7.96. The molecule has 1 aliphatic rings. The lowest BCUT2D eigenvalue weighted by atomic mass is 9.94. The van der Waals surface area contributed by atoms with E-state index in [1.54, 1.807) is 58.6 Å². The molecule has 234 valence electrons. The van der Waals surface area contributed by atoms with Crippen LogP contribution in [0.3, 0.4) is 0 Å². The number of carbonyl (C=O) groups excluding carboxylic acids is 3. The van der Waals surface area contributed by atoms with Crippen LogP contribution in [0.5, 0.6) is 0 Å². The van der Waals surface area contributed by atoms with Crippen molar-refractivity contribution in [1.29, 1.82) is 0 Å². The van der Waals surface area contributed by atoms with Crippen LogP contribution in [0.2, 0.25) is 0 Å². The SMILES string of the molecule is CN(C)Cc1ccc(/C=C/C(=O)N2CC(CCl)c3c2cc(N(C(=O)OC(C)(C)C)C(=O)OC(C)(C)C)c2ccccc32)cc1. The number of alkyl halides is 1. The zero-order valence-electron chi connectivity index (χ0n) is 26.8. The van der Waals surface area contributed by atoms with Crippen molar-refractivity contribution in [2.24, 2.45) is 0 Å². The molecule has 1 atom stereocenters. The van der Waals surface area contributed by atoms with Gasteiger partial charge in [-0.15, -0.1) is 11.6 Å². The van der Waals surface area contributed by atoms with Gasteiger partial charge in [0.05, 0.1) is 11.4 Å². The number of nitrogens with zero attached hydrogens (tertiary/aromatic N) is 3. The highest BCUT2D eigenvalue weighted by atomic mass is 35.5. The average Bonchev–Trinajstić information content (AvgIpc) is 3.29. The lowest BCUT2D eigenvalue weighted by Crippen LogP contribution is -2.44. The molecule has 1 aliphatic heterocycles. The molecule has 0 aliphatic carbocycles. The van der Waals surface area contributed by atoms with Crippen LogP contribution in [0.15, 0.2) is 60.7 Å². The van der Waals surface area contributed by atoms with Gasteiger partial charge in [-0.2, -0.15) is 4.90 Å². The number of imide groups is 1. The topological polar surface area (TPSA) is 79.4 Å². The maximum absolute atomic E-state index is 13.7. The first kappa shape index (κ1) is 33.0. The second kappa shape index (κ2) is 13.0. The highest BCUT2D eigenvalue weighted by molar-refractivity contribution is 6.20. The molecule has 3 aromatic rings. The first-order chi connectivity index (χ1) is 20.6.